The predicted octanol–water partition coefficient (Wildman–Crippen LogP) is 2.87. The van der Waals surface area contributed by atoms with Crippen molar-refractivity contribution in [1.29, 1.82) is 0 Å². The lowest BCUT2D eigenvalue weighted by molar-refractivity contribution is 0.0564. The van der Waals surface area contributed by atoms with E-state index in [1.54, 1.807) is 0 Å². The summed E-state index contributed by atoms with van der Waals surface area (Å²) < 4.78 is 0. The van der Waals surface area contributed by atoms with Gasteiger partial charge in [0, 0.05) is 37.6 Å². The molecule has 3 atom stereocenters. The summed E-state index contributed by atoms with van der Waals surface area (Å²) in [4.78, 5) is 5.39. The molecule has 2 nitrogen and oxygen atoms in total. The Bertz CT molecular complexity index is 422. The third-order valence-electron chi connectivity index (χ3n) is 5.01. The molecule has 0 saturated carbocycles. The van der Waals surface area contributed by atoms with Crippen LogP contribution in [0.1, 0.15) is 31.2 Å². The first-order chi connectivity index (χ1) is 9.78. The van der Waals surface area contributed by atoms with Gasteiger partial charge in [-0.15, -0.1) is 0 Å². The monoisotopic (exact) mass is 290 g/mol. The number of thiol groups is 1. The molecule has 2 saturated heterocycles. The standard InChI is InChI=1S/C17H26N2S/c1-14-10-18-9-5-8-17(18)12-19(14)11-16(13-20)15-6-3-2-4-7-15/h2-4,6-7,14,16-17,20H,5,8-13H2,1H3. The van der Waals surface area contributed by atoms with Gasteiger partial charge in [0.25, 0.3) is 0 Å². The Balaban J connectivity index is 1.66. The Morgan fingerprint density at radius 1 is 1.25 bits per heavy atom. The minimum atomic E-state index is 0.551. The van der Waals surface area contributed by atoms with Gasteiger partial charge in [-0.2, -0.15) is 12.6 Å². The van der Waals surface area contributed by atoms with Crippen molar-refractivity contribution in [3.05, 3.63) is 35.9 Å². The SMILES string of the molecule is CC1CN2CCCC2CN1CC(CS)c1ccccc1. The molecule has 2 fully saturated rings. The third kappa shape index (κ3) is 3.05. The average Bonchev–Trinajstić information content (AvgIpc) is 2.92. The highest BCUT2D eigenvalue weighted by Gasteiger charge is 2.34. The first-order valence-corrected chi connectivity index (χ1v) is 8.55. The Kier molecular flexibility index (Phi) is 4.69. The summed E-state index contributed by atoms with van der Waals surface area (Å²) >= 11 is 4.59. The van der Waals surface area contributed by atoms with E-state index < -0.39 is 0 Å². The highest BCUT2D eigenvalue weighted by atomic mass is 32.1. The van der Waals surface area contributed by atoms with Gasteiger partial charge in [0.2, 0.25) is 0 Å². The van der Waals surface area contributed by atoms with E-state index in [9.17, 15) is 0 Å². The van der Waals surface area contributed by atoms with Crippen LogP contribution in [0.25, 0.3) is 0 Å². The second kappa shape index (κ2) is 6.50. The molecule has 20 heavy (non-hydrogen) atoms. The van der Waals surface area contributed by atoms with E-state index in [1.807, 2.05) is 0 Å². The van der Waals surface area contributed by atoms with Crippen molar-refractivity contribution in [2.75, 3.05) is 31.9 Å². The Labute approximate surface area is 128 Å². The van der Waals surface area contributed by atoms with Crippen LogP contribution >= 0.6 is 12.6 Å². The van der Waals surface area contributed by atoms with Crippen molar-refractivity contribution in [3.8, 4) is 0 Å². The van der Waals surface area contributed by atoms with Crippen LogP contribution in [0.3, 0.4) is 0 Å². The summed E-state index contributed by atoms with van der Waals surface area (Å²) in [6, 6.07) is 12.4. The fourth-order valence-electron chi connectivity index (χ4n) is 3.78. The molecule has 1 aromatic carbocycles. The molecular formula is C17H26N2S. The number of nitrogens with zero attached hydrogens (tertiary/aromatic N) is 2. The molecule has 0 spiro atoms. The smallest absolute Gasteiger partial charge is 0.0224 e. The van der Waals surface area contributed by atoms with Crippen molar-refractivity contribution in [1.82, 2.24) is 9.80 Å². The second-order valence-electron chi connectivity index (χ2n) is 6.38. The summed E-state index contributed by atoms with van der Waals surface area (Å²) in [6.45, 7) is 7.35. The molecule has 3 rings (SSSR count). The minimum absolute atomic E-state index is 0.551. The lowest BCUT2D eigenvalue weighted by Gasteiger charge is -2.43. The summed E-state index contributed by atoms with van der Waals surface area (Å²) in [6.07, 6.45) is 2.78. The van der Waals surface area contributed by atoms with Crippen LogP contribution in [0, 0.1) is 0 Å². The van der Waals surface area contributed by atoms with Crippen LogP contribution in [0.2, 0.25) is 0 Å². The van der Waals surface area contributed by atoms with E-state index in [2.05, 4.69) is 59.7 Å². The molecule has 0 bridgehead atoms. The van der Waals surface area contributed by atoms with E-state index in [0.29, 0.717) is 12.0 Å². The summed E-state index contributed by atoms with van der Waals surface area (Å²) in [7, 11) is 0. The Hall–Kier alpha value is -0.510. The van der Waals surface area contributed by atoms with E-state index >= 15 is 0 Å². The minimum Gasteiger partial charge on any atom is -0.298 e. The van der Waals surface area contributed by atoms with Crippen LogP contribution < -0.4 is 0 Å². The summed E-state index contributed by atoms with van der Waals surface area (Å²) in [5, 5.41) is 0. The first-order valence-electron chi connectivity index (χ1n) is 7.92. The Morgan fingerprint density at radius 3 is 2.80 bits per heavy atom. The number of benzene rings is 1. The zero-order chi connectivity index (χ0) is 13.9. The summed E-state index contributed by atoms with van der Waals surface area (Å²) in [5.41, 5.74) is 1.43. The van der Waals surface area contributed by atoms with Gasteiger partial charge >= 0.3 is 0 Å². The molecule has 1 aromatic rings. The van der Waals surface area contributed by atoms with Gasteiger partial charge in [0.15, 0.2) is 0 Å². The van der Waals surface area contributed by atoms with Crippen molar-refractivity contribution >= 4 is 12.6 Å². The predicted molar refractivity (Wildman–Crippen MR) is 88.7 cm³/mol. The maximum absolute atomic E-state index is 4.59. The molecule has 0 aromatic heterocycles. The van der Waals surface area contributed by atoms with Crippen molar-refractivity contribution in [2.24, 2.45) is 0 Å². The zero-order valence-corrected chi connectivity index (χ0v) is 13.3. The van der Waals surface area contributed by atoms with Gasteiger partial charge < -0.3 is 0 Å². The molecule has 3 heteroatoms. The van der Waals surface area contributed by atoms with Crippen LogP contribution in [0.4, 0.5) is 0 Å². The van der Waals surface area contributed by atoms with E-state index in [1.165, 1.54) is 38.0 Å². The lowest BCUT2D eigenvalue weighted by atomic mass is 9.98. The van der Waals surface area contributed by atoms with Gasteiger partial charge in [0.1, 0.15) is 0 Å². The number of hydrogen-bond donors (Lipinski definition) is 1. The van der Waals surface area contributed by atoms with E-state index in [4.69, 9.17) is 0 Å². The number of fused-ring (bicyclic) bond motifs is 1. The van der Waals surface area contributed by atoms with E-state index in [-0.39, 0.29) is 0 Å². The lowest BCUT2D eigenvalue weighted by Crippen LogP contribution is -2.55. The van der Waals surface area contributed by atoms with Crippen molar-refractivity contribution in [3.63, 3.8) is 0 Å². The number of hydrogen-bond acceptors (Lipinski definition) is 3. The largest absolute Gasteiger partial charge is 0.298 e. The molecule has 0 amide bonds. The fraction of sp³-hybridized carbons (Fsp3) is 0.647. The van der Waals surface area contributed by atoms with Gasteiger partial charge in [0.05, 0.1) is 0 Å². The van der Waals surface area contributed by atoms with Crippen LogP contribution in [-0.2, 0) is 0 Å². The quantitative estimate of drug-likeness (QED) is 0.852. The molecule has 0 aliphatic carbocycles. The normalized spacial score (nSPS) is 29.3. The van der Waals surface area contributed by atoms with Crippen molar-refractivity contribution < 1.29 is 0 Å². The third-order valence-corrected chi connectivity index (χ3v) is 5.45. The van der Waals surface area contributed by atoms with Crippen LogP contribution in [0.15, 0.2) is 30.3 Å². The fourth-order valence-corrected chi connectivity index (χ4v) is 4.11. The highest BCUT2D eigenvalue weighted by molar-refractivity contribution is 7.80. The van der Waals surface area contributed by atoms with Crippen LogP contribution in [0.5, 0.6) is 0 Å². The topological polar surface area (TPSA) is 6.48 Å². The molecule has 0 radical (unpaired) electrons. The van der Waals surface area contributed by atoms with Gasteiger partial charge in [-0.05, 0) is 37.6 Å². The zero-order valence-electron chi connectivity index (χ0n) is 12.4. The maximum Gasteiger partial charge on any atom is 0.0224 e. The maximum atomic E-state index is 4.59. The molecule has 110 valence electrons. The van der Waals surface area contributed by atoms with Gasteiger partial charge in [-0.1, -0.05) is 30.3 Å². The number of piperazine rings is 1. The number of rotatable bonds is 4. The molecule has 0 N–H and O–H groups in total. The molecule has 3 unspecified atom stereocenters. The summed E-state index contributed by atoms with van der Waals surface area (Å²) in [5.74, 6) is 1.48. The molecule has 2 heterocycles. The second-order valence-corrected chi connectivity index (χ2v) is 6.75. The highest BCUT2D eigenvalue weighted by Crippen LogP contribution is 2.27. The van der Waals surface area contributed by atoms with E-state index in [0.717, 1.165) is 18.3 Å². The van der Waals surface area contributed by atoms with Gasteiger partial charge in [-0.25, -0.2) is 0 Å². The van der Waals surface area contributed by atoms with Crippen molar-refractivity contribution in [2.45, 2.75) is 37.8 Å². The average molecular weight is 290 g/mol. The van der Waals surface area contributed by atoms with Gasteiger partial charge in [-0.3, -0.25) is 9.80 Å². The first kappa shape index (κ1) is 14.4. The Morgan fingerprint density at radius 2 is 2.05 bits per heavy atom. The molecular weight excluding hydrogens is 264 g/mol. The van der Waals surface area contributed by atoms with Crippen LogP contribution in [-0.4, -0.2) is 53.8 Å². The molecule has 2 aliphatic heterocycles. The molecule has 2 aliphatic rings.